The largest absolute Gasteiger partial charge is 0.497 e. The second-order valence-corrected chi connectivity index (χ2v) is 6.10. The monoisotopic (exact) mass is 383 g/mol. The number of carbonyl (C=O) groups excluding carboxylic acids is 1. The fraction of sp³-hybridized carbons (Fsp3) is 0.211. The van der Waals surface area contributed by atoms with E-state index < -0.39 is 22.7 Å². The summed E-state index contributed by atoms with van der Waals surface area (Å²) in [5.74, 6) is 0.164. The molecule has 1 amide bonds. The third kappa shape index (κ3) is 4.79. The van der Waals surface area contributed by atoms with Gasteiger partial charge in [0, 0.05) is 11.8 Å². The first-order valence-corrected chi connectivity index (χ1v) is 8.00. The van der Waals surface area contributed by atoms with Crippen molar-refractivity contribution in [1.29, 1.82) is 0 Å². The van der Waals surface area contributed by atoms with Crippen molar-refractivity contribution in [1.82, 2.24) is 0 Å². The first kappa shape index (κ1) is 19.8. The molecule has 0 fully saturated rings. The summed E-state index contributed by atoms with van der Waals surface area (Å²) in [6, 6.07) is 6.88. The normalized spacial score (nSPS) is 11.7. The second kappa shape index (κ2) is 7.83. The quantitative estimate of drug-likeness (QED) is 0.694. The van der Waals surface area contributed by atoms with Gasteiger partial charge in [-0.2, -0.15) is 13.2 Å². The lowest BCUT2D eigenvalue weighted by Crippen LogP contribution is -2.11. The number of rotatable bonds is 4. The molecule has 0 bridgehead atoms. The molecular weight excluding hydrogens is 367 g/mol. The molecule has 138 valence electrons. The first-order chi connectivity index (χ1) is 12.1. The maximum atomic E-state index is 12.9. The molecule has 0 saturated heterocycles. The maximum Gasteiger partial charge on any atom is 0.417 e. The van der Waals surface area contributed by atoms with Gasteiger partial charge in [-0.15, -0.1) is 0 Å². The molecule has 3 nitrogen and oxygen atoms in total. The predicted octanol–water partition coefficient (Wildman–Crippen LogP) is 5.64. The molecule has 2 aromatic carbocycles. The highest BCUT2D eigenvalue weighted by Crippen LogP contribution is 2.36. The van der Waals surface area contributed by atoms with Crippen molar-refractivity contribution in [3.05, 3.63) is 63.7 Å². The third-order valence-corrected chi connectivity index (χ3v) is 4.07. The lowest BCUT2D eigenvalue weighted by Gasteiger charge is -2.11. The van der Waals surface area contributed by atoms with Gasteiger partial charge in [-0.05, 0) is 66.9 Å². The summed E-state index contributed by atoms with van der Waals surface area (Å²) >= 11 is 5.56. The molecule has 0 unspecified atom stereocenters. The second-order valence-electron chi connectivity index (χ2n) is 5.69. The number of hydrogen-bond acceptors (Lipinski definition) is 2. The Hall–Kier alpha value is -2.47. The predicted molar refractivity (Wildman–Crippen MR) is 96.6 cm³/mol. The number of aryl methyl sites for hydroxylation is 2. The van der Waals surface area contributed by atoms with Gasteiger partial charge in [0.1, 0.15) is 5.75 Å². The van der Waals surface area contributed by atoms with Gasteiger partial charge < -0.3 is 10.1 Å². The van der Waals surface area contributed by atoms with E-state index in [9.17, 15) is 18.0 Å². The Morgan fingerprint density at radius 2 is 1.77 bits per heavy atom. The van der Waals surface area contributed by atoms with E-state index in [0.717, 1.165) is 28.8 Å². The molecule has 0 aliphatic heterocycles. The number of nitrogens with one attached hydrogen (secondary N) is 1. The fourth-order valence-electron chi connectivity index (χ4n) is 2.48. The summed E-state index contributed by atoms with van der Waals surface area (Å²) in [5, 5.41) is 1.98. The molecule has 0 heterocycles. The van der Waals surface area contributed by atoms with E-state index >= 15 is 0 Å². The van der Waals surface area contributed by atoms with Gasteiger partial charge in [-0.3, -0.25) is 4.79 Å². The highest BCUT2D eigenvalue weighted by molar-refractivity contribution is 6.31. The van der Waals surface area contributed by atoms with Crippen LogP contribution >= 0.6 is 11.6 Å². The van der Waals surface area contributed by atoms with Crippen LogP contribution in [0.15, 0.2) is 36.4 Å². The highest BCUT2D eigenvalue weighted by atomic mass is 35.5. The molecule has 0 aliphatic rings. The van der Waals surface area contributed by atoms with Crippen LogP contribution in [-0.4, -0.2) is 13.0 Å². The number of carbonyl (C=O) groups is 1. The average molecular weight is 384 g/mol. The van der Waals surface area contributed by atoms with E-state index in [1.165, 1.54) is 12.1 Å². The number of amides is 1. The Labute approximate surface area is 154 Å². The van der Waals surface area contributed by atoms with Crippen LogP contribution in [-0.2, 0) is 11.0 Å². The van der Waals surface area contributed by atoms with Gasteiger partial charge in [0.25, 0.3) is 0 Å². The van der Waals surface area contributed by atoms with Crippen LogP contribution in [0.5, 0.6) is 5.75 Å². The summed E-state index contributed by atoms with van der Waals surface area (Å²) in [7, 11) is 1.57. The lowest BCUT2D eigenvalue weighted by atomic mass is 10.0. The number of alkyl halides is 3. The Balaban J connectivity index is 2.18. The Morgan fingerprint density at radius 3 is 2.31 bits per heavy atom. The van der Waals surface area contributed by atoms with E-state index in [4.69, 9.17) is 16.3 Å². The summed E-state index contributed by atoms with van der Waals surface area (Å²) in [5.41, 5.74) is 1.68. The lowest BCUT2D eigenvalue weighted by molar-refractivity contribution is -0.137. The fourth-order valence-corrected chi connectivity index (χ4v) is 2.70. The van der Waals surface area contributed by atoms with E-state index in [1.807, 2.05) is 26.0 Å². The minimum Gasteiger partial charge on any atom is -0.497 e. The molecule has 0 atom stereocenters. The summed E-state index contributed by atoms with van der Waals surface area (Å²) in [4.78, 5) is 12.0. The molecule has 1 N–H and O–H groups in total. The minimum atomic E-state index is -4.59. The topological polar surface area (TPSA) is 38.3 Å². The van der Waals surface area contributed by atoms with Crippen molar-refractivity contribution < 1.29 is 22.7 Å². The highest BCUT2D eigenvalue weighted by Gasteiger charge is 2.33. The molecule has 7 heteroatoms. The van der Waals surface area contributed by atoms with Crippen molar-refractivity contribution in [3.8, 4) is 5.75 Å². The molecule has 0 spiro atoms. The van der Waals surface area contributed by atoms with Gasteiger partial charge in [0.15, 0.2) is 0 Å². The zero-order valence-corrected chi connectivity index (χ0v) is 15.1. The summed E-state index contributed by atoms with van der Waals surface area (Å²) < 4.78 is 43.8. The maximum absolute atomic E-state index is 12.9. The molecule has 2 aromatic rings. The van der Waals surface area contributed by atoms with Crippen LogP contribution in [0.1, 0.15) is 22.3 Å². The number of halogens is 4. The average Bonchev–Trinajstić information content (AvgIpc) is 2.54. The zero-order chi connectivity index (χ0) is 19.5. The van der Waals surface area contributed by atoms with Crippen LogP contribution < -0.4 is 10.1 Å². The van der Waals surface area contributed by atoms with Gasteiger partial charge in [-0.1, -0.05) is 11.6 Å². The van der Waals surface area contributed by atoms with Gasteiger partial charge in [0.2, 0.25) is 5.91 Å². The standard InChI is InChI=1S/C19H17ClF3NO2/c1-11-8-14(26-3)9-12(2)15(11)5-7-18(25)24-13-4-6-17(20)16(10-13)19(21,22)23/h4-10H,1-3H3,(H,24,25)/b7-5+. The molecular formula is C19H17ClF3NO2. The van der Waals surface area contributed by atoms with Gasteiger partial charge in [0.05, 0.1) is 17.7 Å². The van der Waals surface area contributed by atoms with E-state index in [-0.39, 0.29) is 5.69 Å². The van der Waals surface area contributed by atoms with Crippen molar-refractivity contribution in [2.75, 3.05) is 12.4 Å². The van der Waals surface area contributed by atoms with Gasteiger partial charge >= 0.3 is 6.18 Å². The van der Waals surface area contributed by atoms with Crippen LogP contribution in [0.3, 0.4) is 0 Å². The van der Waals surface area contributed by atoms with Crippen LogP contribution in [0.4, 0.5) is 18.9 Å². The summed E-state index contributed by atoms with van der Waals surface area (Å²) in [6.07, 6.45) is -1.71. The van der Waals surface area contributed by atoms with Crippen LogP contribution in [0.25, 0.3) is 6.08 Å². The smallest absolute Gasteiger partial charge is 0.417 e. The Kier molecular flexibility index (Phi) is 5.97. The van der Waals surface area contributed by atoms with Crippen molar-refractivity contribution in [3.63, 3.8) is 0 Å². The molecule has 0 saturated carbocycles. The number of hydrogen-bond donors (Lipinski definition) is 1. The Morgan fingerprint density at radius 1 is 1.15 bits per heavy atom. The first-order valence-electron chi connectivity index (χ1n) is 7.63. The third-order valence-electron chi connectivity index (χ3n) is 3.74. The van der Waals surface area contributed by atoms with Crippen molar-refractivity contribution in [2.24, 2.45) is 0 Å². The zero-order valence-electron chi connectivity index (χ0n) is 14.4. The van der Waals surface area contributed by atoms with E-state index in [0.29, 0.717) is 5.75 Å². The van der Waals surface area contributed by atoms with E-state index in [2.05, 4.69) is 5.32 Å². The molecule has 0 aromatic heterocycles. The minimum absolute atomic E-state index is 0.0135. The molecule has 0 aliphatic carbocycles. The van der Waals surface area contributed by atoms with Gasteiger partial charge in [-0.25, -0.2) is 0 Å². The van der Waals surface area contributed by atoms with Crippen LogP contribution in [0, 0.1) is 13.8 Å². The molecule has 0 radical (unpaired) electrons. The number of benzene rings is 2. The SMILES string of the molecule is COc1cc(C)c(/C=C/C(=O)Nc2ccc(Cl)c(C(F)(F)F)c2)c(C)c1. The van der Waals surface area contributed by atoms with Crippen LogP contribution in [0.2, 0.25) is 5.02 Å². The Bertz CT molecular complexity index is 837. The van der Waals surface area contributed by atoms with E-state index in [1.54, 1.807) is 13.2 Å². The van der Waals surface area contributed by atoms with Crippen molar-refractivity contribution in [2.45, 2.75) is 20.0 Å². The number of methoxy groups -OCH3 is 1. The summed E-state index contributed by atoms with van der Waals surface area (Å²) in [6.45, 7) is 3.75. The number of ether oxygens (including phenoxy) is 1. The number of anilines is 1. The molecule has 26 heavy (non-hydrogen) atoms. The van der Waals surface area contributed by atoms with Crippen molar-refractivity contribution >= 4 is 29.3 Å². The molecule has 2 rings (SSSR count).